The Morgan fingerprint density at radius 2 is 1.58 bits per heavy atom. The molecule has 1 atom stereocenters. The molecular weight excluding hydrogens is 621 g/mol. The molecule has 0 bridgehead atoms. The average molecular weight is 647 g/mol. The first-order valence-electron chi connectivity index (χ1n) is 12.9. The topological polar surface area (TPSA) is 215 Å². The van der Waals surface area contributed by atoms with E-state index >= 15 is 0 Å². The molecule has 2 heterocycles. The van der Waals surface area contributed by atoms with E-state index in [1.165, 1.54) is 58.0 Å². The van der Waals surface area contributed by atoms with Crippen LogP contribution in [0.1, 0.15) is 18.1 Å². The van der Waals surface area contributed by atoms with Crippen molar-refractivity contribution in [3.8, 4) is 40.5 Å². The van der Waals surface area contributed by atoms with Crippen LogP contribution in [0.4, 0.5) is 17.5 Å². The number of nitriles is 2. The van der Waals surface area contributed by atoms with Gasteiger partial charge in [0.15, 0.2) is 11.5 Å². The van der Waals surface area contributed by atoms with Crippen LogP contribution in [0.2, 0.25) is 0 Å². The summed E-state index contributed by atoms with van der Waals surface area (Å²) in [5, 5.41) is 22.1. The molecule has 1 unspecified atom stereocenters. The van der Waals surface area contributed by atoms with Crippen molar-refractivity contribution < 1.29 is 27.4 Å². The Morgan fingerprint density at radius 3 is 2.11 bits per heavy atom. The highest BCUT2D eigenvalue weighted by Crippen LogP contribution is 2.44. The summed E-state index contributed by atoms with van der Waals surface area (Å²) in [4.78, 5) is 25.0. The van der Waals surface area contributed by atoms with Crippen LogP contribution in [0.5, 0.6) is 17.2 Å². The van der Waals surface area contributed by atoms with Gasteiger partial charge in [0, 0.05) is 23.6 Å². The highest BCUT2D eigenvalue weighted by molar-refractivity contribution is 8.00. The number of hydrogen-bond donors (Lipinski definition) is 3. The van der Waals surface area contributed by atoms with Gasteiger partial charge in [0.2, 0.25) is 17.6 Å². The number of hydrogen-bond acceptors (Lipinski definition) is 13. The summed E-state index contributed by atoms with van der Waals surface area (Å²) in [5.41, 5.74) is 7.04. The Hall–Kier alpha value is -5.58. The van der Waals surface area contributed by atoms with Crippen molar-refractivity contribution in [3.63, 3.8) is 0 Å². The zero-order chi connectivity index (χ0) is 32.7. The second kappa shape index (κ2) is 13.8. The molecule has 230 valence electrons. The lowest BCUT2D eigenvalue weighted by atomic mass is 9.96. The Morgan fingerprint density at radius 1 is 0.978 bits per heavy atom. The summed E-state index contributed by atoms with van der Waals surface area (Å²) >= 11 is 0.959. The van der Waals surface area contributed by atoms with Gasteiger partial charge in [0.1, 0.15) is 28.5 Å². The fourth-order valence-corrected chi connectivity index (χ4v) is 5.99. The summed E-state index contributed by atoms with van der Waals surface area (Å²) in [5.74, 6) is 0.216. The predicted octanol–water partition coefficient (Wildman–Crippen LogP) is 3.81. The van der Waals surface area contributed by atoms with Gasteiger partial charge in [-0.05, 0) is 55.0 Å². The predicted molar refractivity (Wildman–Crippen MR) is 166 cm³/mol. The second-order valence-corrected chi connectivity index (χ2v) is 12.0. The third-order valence-corrected chi connectivity index (χ3v) is 8.68. The van der Waals surface area contributed by atoms with E-state index < -0.39 is 21.2 Å². The van der Waals surface area contributed by atoms with Gasteiger partial charge in [-0.15, -0.1) is 0 Å². The van der Waals surface area contributed by atoms with E-state index in [4.69, 9.17) is 19.9 Å². The summed E-state index contributed by atoms with van der Waals surface area (Å²) in [7, 11) is 0.352. The van der Waals surface area contributed by atoms with Crippen LogP contribution in [-0.4, -0.2) is 55.9 Å². The number of anilines is 3. The first-order valence-corrected chi connectivity index (χ1v) is 15.2. The fourth-order valence-electron chi connectivity index (χ4n) is 4.11. The van der Waals surface area contributed by atoms with Crippen molar-refractivity contribution in [1.29, 1.82) is 10.5 Å². The lowest BCUT2D eigenvalue weighted by Gasteiger charge is -2.18. The van der Waals surface area contributed by atoms with Gasteiger partial charge >= 0.3 is 0 Å². The van der Waals surface area contributed by atoms with Gasteiger partial charge in [0.25, 0.3) is 10.0 Å². The number of pyridine rings is 1. The zero-order valence-corrected chi connectivity index (χ0v) is 26.0. The summed E-state index contributed by atoms with van der Waals surface area (Å²) in [6, 6.07) is 14.3. The minimum atomic E-state index is -3.96. The zero-order valence-electron chi connectivity index (χ0n) is 24.4. The molecule has 0 radical (unpaired) electrons. The number of sulfonamides is 1. The SMILES string of the molecule is COc1cc(-c2c(C#N)c(N)nc(SC(C)C(=O)Nc3ccc(S(=O)(=O)Nc4ncccn4)cc3)c2C#N)cc(OC)c1OC. The number of nitrogens with one attached hydrogen (secondary N) is 2. The number of nitrogen functional groups attached to an aromatic ring is 1. The van der Waals surface area contributed by atoms with Crippen molar-refractivity contribution in [3.05, 3.63) is 66.0 Å². The minimum absolute atomic E-state index is 0.0177. The molecule has 4 aromatic rings. The summed E-state index contributed by atoms with van der Waals surface area (Å²) in [6.45, 7) is 1.60. The number of ether oxygens (including phenoxy) is 3. The molecule has 0 saturated carbocycles. The number of rotatable bonds is 11. The largest absolute Gasteiger partial charge is 0.493 e. The van der Waals surface area contributed by atoms with Gasteiger partial charge < -0.3 is 25.3 Å². The third kappa shape index (κ3) is 6.98. The van der Waals surface area contributed by atoms with Crippen LogP contribution < -0.4 is 30.0 Å². The summed E-state index contributed by atoms with van der Waals surface area (Å²) < 4.78 is 43.8. The van der Waals surface area contributed by atoms with Crippen LogP contribution in [0.25, 0.3) is 11.1 Å². The molecule has 0 aliphatic carbocycles. The molecule has 0 aliphatic heterocycles. The van der Waals surface area contributed by atoms with Crippen molar-refractivity contribution >= 4 is 45.1 Å². The highest BCUT2D eigenvalue weighted by atomic mass is 32.2. The molecule has 14 nitrogen and oxygen atoms in total. The molecule has 4 N–H and O–H groups in total. The van der Waals surface area contributed by atoms with E-state index in [0.717, 1.165) is 11.8 Å². The Kier molecular flexibility index (Phi) is 9.92. The Labute approximate surface area is 263 Å². The molecule has 0 spiro atoms. The first-order chi connectivity index (χ1) is 21.6. The quantitative estimate of drug-likeness (QED) is 0.198. The minimum Gasteiger partial charge on any atom is -0.493 e. The van der Waals surface area contributed by atoms with E-state index in [-0.39, 0.29) is 38.4 Å². The molecule has 16 heteroatoms. The summed E-state index contributed by atoms with van der Waals surface area (Å²) in [6.07, 6.45) is 2.80. The van der Waals surface area contributed by atoms with E-state index in [2.05, 4.69) is 31.1 Å². The lowest BCUT2D eigenvalue weighted by molar-refractivity contribution is -0.115. The van der Waals surface area contributed by atoms with E-state index in [0.29, 0.717) is 28.5 Å². The molecule has 4 rings (SSSR count). The van der Waals surface area contributed by atoms with Gasteiger partial charge in [-0.2, -0.15) is 10.5 Å². The van der Waals surface area contributed by atoms with Crippen LogP contribution in [0.15, 0.2) is 64.8 Å². The normalized spacial score (nSPS) is 11.4. The fraction of sp³-hybridized carbons (Fsp3) is 0.172. The van der Waals surface area contributed by atoms with Gasteiger partial charge in [-0.3, -0.25) is 4.79 Å². The number of carbonyl (C=O) groups excluding carboxylic acids is 1. The number of aromatic nitrogens is 3. The van der Waals surface area contributed by atoms with Crippen molar-refractivity contribution in [2.45, 2.75) is 22.1 Å². The van der Waals surface area contributed by atoms with E-state index in [1.807, 2.05) is 6.07 Å². The number of amides is 1. The van der Waals surface area contributed by atoms with Crippen LogP contribution in [0.3, 0.4) is 0 Å². The van der Waals surface area contributed by atoms with Gasteiger partial charge in [-0.1, -0.05) is 11.8 Å². The smallest absolute Gasteiger partial charge is 0.264 e. The number of nitrogens with zero attached hydrogens (tertiary/aromatic N) is 5. The molecule has 0 aliphatic rings. The Balaban J connectivity index is 1.60. The number of benzene rings is 2. The molecular formula is C29H26N8O6S2. The number of carbonyl (C=O) groups is 1. The van der Waals surface area contributed by atoms with Crippen molar-refractivity contribution in [2.75, 3.05) is 37.1 Å². The lowest BCUT2D eigenvalue weighted by Crippen LogP contribution is -2.23. The number of nitrogens with two attached hydrogens (primary N) is 1. The van der Waals surface area contributed by atoms with E-state index in [1.54, 1.807) is 25.1 Å². The maximum absolute atomic E-state index is 13.1. The molecule has 45 heavy (non-hydrogen) atoms. The molecule has 0 saturated heterocycles. The monoisotopic (exact) mass is 646 g/mol. The molecule has 1 amide bonds. The van der Waals surface area contributed by atoms with Gasteiger partial charge in [0.05, 0.1) is 37.0 Å². The number of thioether (sulfide) groups is 1. The maximum Gasteiger partial charge on any atom is 0.264 e. The van der Waals surface area contributed by atoms with Crippen LogP contribution >= 0.6 is 11.8 Å². The van der Waals surface area contributed by atoms with E-state index in [9.17, 15) is 23.7 Å². The standard InChI is InChI=1S/C29H26N8O6S2/c1-16(27(38)35-18-6-8-19(9-7-18)45(39,40)37-29-33-10-5-11-34-29)44-28-21(15-31)24(20(14-30)26(32)36-28)17-12-22(41-2)25(43-4)23(13-17)42-3/h5-13,16H,1-4H3,(H2,32,36)(H,35,38)(H,33,34,37). The molecule has 2 aromatic carbocycles. The third-order valence-electron chi connectivity index (χ3n) is 6.25. The van der Waals surface area contributed by atoms with Crippen LogP contribution in [-0.2, 0) is 14.8 Å². The molecule has 2 aromatic heterocycles. The second-order valence-electron chi connectivity index (χ2n) is 9.02. The number of methoxy groups -OCH3 is 3. The highest BCUT2D eigenvalue weighted by Gasteiger charge is 2.26. The van der Waals surface area contributed by atoms with Crippen molar-refractivity contribution in [1.82, 2.24) is 15.0 Å². The van der Waals surface area contributed by atoms with Gasteiger partial charge in [-0.25, -0.2) is 28.1 Å². The molecule has 0 fully saturated rings. The van der Waals surface area contributed by atoms with Crippen LogP contribution in [0, 0.1) is 22.7 Å². The van der Waals surface area contributed by atoms with Crippen molar-refractivity contribution in [2.24, 2.45) is 0 Å². The maximum atomic E-state index is 13.1. The first kappa shape index (κ1) is 32.3. The average Bonchev–Trinajstić information content (AvgIpc) is 3.04. The Bertz CT molecular complexity index is 1900.